The third-order valence-corrected chi connectivity index (χ3v) is 5.46. The van der Waals surface area contributed by atoms with Crippen molar-refractivity contribution in [1.82, 2.24) is 14.5 Å². The molecule has 124 valence electrons. The Bertz CT molecular complexity index is 894. The van der Waals surface area contributed by atoms with Gasteiger partial charge in [0.15, 0.2) is 0 Å². The minimum Gasteiger partial charge on any atom is -0.340 e. The van der Waals surface area contributed by atoms with Crippen molar-refractivity contribution in [2.45, 2.75) is 6.54 Å². The lowest BCUT2D eigenvalue weighted by Gasteiger charge is -2.35. The minimum absolute atomic E-state index is 0.0525. The van der Waals surface area contributed by atoms with E-state index in [1.165, 1.54) is 16.9 Å². The molecule has 0 amide bonds. The van der Waals surface area contributed by atoms with Crippen molar-refractivity contribution in [2.24, 2.45) is 7.05 Å². The smallest absolute Gasteiger partial charge is 0.272 e. The molecular weight excluding hydrogens is 320 g/mol. The Kier molecular flexibility index (Phi) is 4.08. The molecule has 0 bridgehead atoms. The minimum atomic E-state index is 0.0525. The molecule has 0 N–H and O–H groups in total. The van der Waals surface area contributed by atoms with Crippen molar-refractivity contribution in [3.8, 4) is 0 Å². The molecule has 0 atom stereocenters. The van der Waals surface area contributed by atoms with Crippen LogP contribution in [-0.2, 0) is 13.6 Å². The summed E-state index contributed by atoms with van der Waals surface area (Å²) < 4.78 is 2.43. The van der Waals surface area contributed by atoms with E-state index >= 15 is 0 Å². The maximum Gasteiger partial charge on any atom is 0.272 e. The van der Waals surface area contributed by atoms with Gasteiger partial charge in [0, 0.05) is 39.8 Å². The van der Waals surface area contributed by atoms with Gasteiger partial charge in [-0.05, 0) is 17.0 Å². The van der Waals surface area contributed by atoms with E-state index in [0.29, 0.717) is 0 Å². The summed E-state index contributed by atoms with van der Waals surface area (Å²) in [5.74, 6) is 0.783. The summed E-state index contributed by atoms with van der Waals surface area (Å²) >= 11 is 1.46. The molecule has 0 aliphatic carbocycles. The molecule has 0 saturated carbocycles. The summed E-state index contributed by atoms with van der Waals surface area (Å²) in [6.45, 7) is 4.72. The highest BCUT2D eigenvalue weighted by Gasteiger charge is 2.21. The summed E-state index contributed by atoms with van der Waals surface area (Å²) in [6.07, 6.45) is 0. The Morgan fingerprint density at radius 1 is 1.08 bits per heavy atom. The van der Waals surface area contributed by atoms with Crippen LogP contribution in [0, 0.1) is 0 Å². The van der Waals surface area contributed by atoms with Crippen molar-refractivity contribution >= 4 is 27.5 Å². The highest BCUT2D eigenvalue weighted by atomic mass is 32.1. The van der Waals surface area contributed by atoms with Crippen molar-refractivity contribution in [1.29, 1.82) is 0 Å². The SMILES string of the molecule is Cn1c(N2CCN(Cc3ccccc3)CC2)nc2ccsc2c1=O. The predicted molar refractivity (Wildman–Crippen MR) is 98.8 cm³/mol. The van der Waals surface area contributed by atoms with E-state index in [4.69, 9.17) is 4.98 Å². The van der Waals surface area contributed by atoms with Crippen LogP contribution in [0.2, 0.25) is 0 Å². The average Bonchev–Trinajstić information content (AvgIpc) is 3.09. The molecule has 2 aromatic heterocycles. The van der Waals surface area contributed by atoms with E-state index in [-0.39, 0.29) is 5.56 Å². The van der Waals surface area contributed by atoms with Crippen LogP contribution in [0.25, 0.3) is 10.2 Å². The average molecular weight is 340 g/mol. The zero-order valence-corrected chi connectivity index (χ0v) is 14.5. The Morgan fingerprint density at radius 2 is 1.83 bits per heavy atom. The molecule has 0 spiro atoms. The first-order valence-corrected chi connectivity index (χ1v) is 9.06. The molecule has 3 aromatic rings. The van der Waals surface area contributed by atoms with Crippen LogP contribution in [0.4, 0.5) is 5.95 Å². The highest BCUT2D eigenvalue weighted by molar-refractivity contribution is 7.17. The van der Waals surface area contributed by atoms with Gasteiger partial charge in [0.2, 0.25) is 5.95 Å². The molecular formula is C18H20N4OS. The fourth-order valence-corrected chi connectivity index (χ4v) is 4.01. The third-order valence-electron chi connectivity index (χ3n) is 4.57. The standard InChI is InChI=1S/C18H20N4OS/c1-20-17(23)16-15(7-12-24-16)19-18(20)22-10-8-21(9-11-22)13-14-5-3-2-4-6-14/h2-7,12H,8-11,13H2,1H3. The second-order valence-electron chi connectivity index (χ2n) is 6.16. The number of fused-ring (bicyclic) bond motifs is 1. The van der Waals surface area contributed by atoms with Gasteiger partial charge in [0.1, 0.15) is 4.70 Å². The Balaban J connectivity index is 1.50. The maximum atomic E-state index is 12.5. The number of rotatable bonds is 3. The lowest BCUT2D eigenvalue weighted by atomic mass is 10.2. The topological polar surface area (TPSA) is 41.4 Å². The van der Waals surface area contributed by atoms with Crippen molar-refractivity contribution in [2.75, 3.05) is 31.1 Å². The molecule has 1 saturated heterocycles. The summed E-state index contributed by atoms with van der Waals surface area (Å²) in [5, 5.41) is 1.93. The van der Waals surface area contributed by atoms with Crippen molar-refractivity contribution in [3.05, 3.63) is 57.7 Å². The number of aromatic nitrogens is 2. The molecule has 1 aromatic carbocycles. The fraction of sp³-hybridized carbons (Fsp3) is 0.333. The van der Waals surface area contributed by atoms with Gasteiger partial charge in [0.05, 0.1) is 5.52 Å². The Hall–Kier alpha value is -2.18. The molecule has 1 fully saturated rings. The van der Waals surface area contributed by atoms with E-state index < -0.39 is 0 Å². The molecule has 3 heterocycles. The third kappa shape index (κ3) is 2.83. The molecule has 0 unspecified atom stereocenters. The van der Waals surface area contributed by atoms with Crippen LogP contribution < -0.4 is 10.5 Å². The second-order valence-corrected chi connectivity index (χ2v) is 7.08. The van der Waals surface area contributed by atoms with Crippen LogP contribution in [-0.4, -0.2) is 40.6 Å². The Labute approximate surface area is 144 Å². The fourth-order valence-electron chi connectivity index (χ4n) is 3.21. The van der Waals surface area contributed by atoms with E-state index in [2.05, 4.69) is 34.1 Å². The van der Waals surface area contributed by atoms with Crippen LogP contribution in [0.1, 0.15) is 5.56 Å². The quantitative estimate of drug-likeness (QED) is 0.734. The lowest BCUT2D eigenvalue weighted by Crippen LogP contribution is -2.47. The lowest BCUT2D eigenvalue weighted by molar-refractivity contribution is 0.248. The molecule has 0 radical (unpaired) electrons. The molecule has 1 aliphatic rings. The molecule has 1 aliphatic heterocycles. The second kappa shape index (κ2) is 6.37. The van der Waals surface area contributed by atoms with E-state index in [1.807, 2.05) is 24.6 Å². The molecule has 5 nitrogen and oxygen atoms in total. The van der Waals surface area contributed by atoms with Gasteiger partial charge >= 0.3 is 0 Å². The summed E-state index contributed by atoms with van der Waals surface area (Å²) in [4.78, 5) is 21.8. The number of benzene rings is 1. The van der Waals surface area contributed by atoms with Gasteiger partial charge in [-0.15, -0.1) is 11.3 Å². The number of anilines is 1. The van der Waals surface area contributed by atoms with E-state index in [9.17, 15) is 4.79 Å². The monoisotopic (exact) mass is 340 g/mol. The number of thiophene rings is 1. The van der Waals surface area contributed by atoms with Crippen molar-refractivity contribution in [3.63, 3.8) is 0 Å². The number of hydrogen-bond donors (Lipinski definition) is 0. The predicted octanol–water partition coefficient (Wildman–Crippen LogP) is 2.32. The summed E-state index contributed by atoms with van der Waals surface area (Å²) in [6, 6.07) is 12.5. The first-order chi connectivity index (χ1) is 11.7. The number of nitrogens with zero attached hydrogens (tertiary/aromatic N) is 4. The molecule has 4 rings (SSSR count). The largest absolute Gasteiger partial charge is 0.340 e. The van der Waals surface area contributed by atoms with Gasteiger partial charge in [-0.2, -0.15) is 0 Å². The Morgan fingerprint density at radius 3 is 2.58 bits per heavy atom. The number of piperazine rings is 1. The first-order valence-electron chi connectivity index (χ1n) is 8.18. The number of hydrogen-bond acceptors (Lipinski definition) is 5. The molecule has 24 heavy (non-hydrogen) atoms. The van der Waals surface area contributed by atoms with Crippen LogP contribution >= 0.6 is 11.3 Å². The van der Waals surface area contributed by atoms with Gasteiger partial charge in [-0.3, -0.25) is 14.3 Å². The van der Waals surface area contributed by atoms with Gasteiger partial charge in [-0.1, -0.05) is 30.3 Å². The van der Waals surface area contributed by atoms with Gasteiger partial charge in [-0.25, -0.2) is 4.98 Å². The van der Waals surface area contributed by atoms with Crippen LogP contribution in [0.3, 0.4) is 0 Å². The van der Waals surface area contributed by atoms with Crippen LogP contribution in [0.5, 0.6) is 0 Å². The normalized spacial score (nSPS) is 16.0. The zero-order chi connectivity index (χ0) is 16.5. The summed E-state index contributed by atoms with van der Waals surface area (Å²) in [5.41, 5.74) is 2.21. The van der Waals surface area contributed by atoms with Gasteiger partial charge in [0.25, 0.3) is 5.56 Å². The van der Waals surface area contributed by atoms with E-state index in [1.54, 1.807) is 4.57 Å². The zero-order valence-electron chi connectivity index (χ0n) is 13.7. The van der Waals surface area contributed by atoms with Gasteiger partial charge < -0.3 is 4.90 Å². The maximum absolute atomic E-state index is 12.5. The van der Waals surface area contributed by atoms with E-state index in [0.717, 1.165) is 48.9 Å². The highest BCUT2D eigenvalue weighted by Crippen LogP contribution is 2.20. The van der Waals surface area contributed by atoms with Crippen LogP contribution in [0.15, 0.2) is 46.6 Å². The molecule has 6 heteroatoms. The van der Waals surface area contributed by atoms with Crippen molar-refractivity contribution < 1.29 is 0 Å². The first kappa shape index (κ1) is 15.4. The summed E-state index contributed by atoms with van der Waals surface area (Å²) in [7, 11) is 1.82.